The Hall–Kier alpha value is -1.55. The number of aliphatic hydroxyl groups is 1. The zero-order chi connectivity index (χ0) is 13.6. The number of hydrogen-bond acceptors (Lipinski definition) is 4. The van der Waals surface area contributed by atoms with Crippen molar-refractivity contribution in [2.75, 3.05) is 6.61 Å². The third kappa shape index (κ3) is 4.75. The fourth-order valence-electron chi connectivity index (χ4n) is 1.49. The molecule has 0 aromatic heterocycles. The van der Waals surface area contributed by atoms with Gasteiger partial charge in [0.05, 0.1) is 17.9 Å². The van der Waals surface area contributed by atoms with Gasteiger partial charge in [-0.2, -0.15) is 0 Å². The van der Waals surface area contributed by atoms with Gasteiger partial charge < -0.3 is 15.1 Å². The molecule has 18 heavy (non-hydrogen) atoms. The van der Waals surface area contributed by atoms with Gasteiger partial charge in [-0.15, -0.1) is 0 Å². The fourth-order valence-corrected chi connectivity index (χ4v) is 1.49. The highest BCUT2D eigenvalue weighted by Crippen LogP contribution is 2.15. The second-order valence-corrected chi connectivity index (χ2v) is 4.84. The lowest BCUT2D eigenvalue weighted by molar-refractivity contribution is 0.0553. The van der Waals surface area contributed by atoms with Crippen molar-refractivity contribution in [3.8, 4) is 5.75 Å². The number of hydrogen-bond donors (Lipinski definition) is 2. The second-order valence-electron chi connectivity index (χ2n) is 4.84. The fraction of sp³-hybridized carbons (Fsp3) is 0.500. The average Bonchev–Trinajstić information content (AvgIpc) is 2.31. The lowest BCUT2D eigenvalue weighted by Gasteiger charge is -2.17. The van der Waals surface area contributed by atoms with Gasteiger partial charge in [-0.1, -0.05) is 12.1 Å². The van der Waals surface area contributed by atoms with Crippen LogP contribution in [0.3, 0.4) is 0 Å². The van der Waals surface area contributed by atoms with E-state index in [0.29, 0.717) is 25.2 Å². The zero-order valence-electron chi connectivity index (χ0n) is 11.2. The average molecular weight is 251 g/mol. The van der Waals surface area contributed by atoms with Gasteiger partial charge in [0.15, 0.2) is 0 Å². The summed E-state index contributed by atoms with van der Waals surface area (Å²) in [4.78, 5) is 0. The normalized spacial score (nSPS) is 12.6. The topological polar surface area (TPSA) is 62.1 Å². The highest BCUT2D eigenvalue weighted by molar-refractivity contribution is 6.00. The molecule has 1 aromatic carbocycles. The SMILES string of the molecule is CCC(=NO)c1ccc(OCCC(C)(C)O)cc1. The Bertz CT molecular complexity index is 390. The van der Waals surface area contributed by atoms with Crippen LogP contribution in [0.4, 0.5) is 0 Å². The molecule has 4 nitrogen and oxygen atoms in total. The van der Waals surface area contributed by atoms with Gasteiger partial charge in [-0.05, 0) is 50.1 Å². The van der Waals surface area contributed by atoms with Gasteiger partial charge in [-0.25, -0.2) is 0 Å². The van der Waals surface area contributed by atoms with Crippen LogP contribution in [0.1, 0.15) is 39.2 Å². The predicted molar refractivity (Wildman–Crippen MR) is 71.5 cm³/mol. The van der Waals surface area contributed by atoms with Crippen molar-refractivity contribution in [3.63, 3.8) is 0 Å². The van der Waals surface area contributed by atoms with E-state index in [2.05, 4.69) is 5.16 Å². The summed E-state index contributed by atoms with van der Waals surface area (Å²) in [5.41, 5.74) is 0.826. The Kier molecular flexibility index (Phi) is 5.16. The van der Waals surface area contributed by atoms with E-state index >= 15 is 0 Å². The minimum Gasteiger partial charge on any atom is -0.493 e. The third-order valence-electron chi connectivity index (χ3n) is 2.63. The maximum absolute atomic E-state index is 9.55. The Morgan fingerprint density at radius 2 is 1.89 bits per heavy atom. The summed E-state index contributed by atoms with van der Waals surface area (Å²) >= 11 is 0. The van der Waals surface area contributed by atoms with Crippen molar-refractivity contribution in [2.24, 2.45) is 5.16 Å². The van der Waals surface area contributed by atoms with Crippen molar-refractivity contribution in [1.82, 2.24) is 0 Å². The molecule has 0 amide bonds. The molecule has 1 rings (SSSR count). The Morgan fingerprint density at radius 3 is 2.33 bits per heavy atom. The number of ether oxygens (including phenoxy) is 1. The first-order valence-corrected chi connectivity index (χ1v) is 6.13. The molecule has 1 aromatic rings. The Labute approximate surface area is 108 Å². The zero-order valence-corrected chi connectivity index (χ0v) is 11.2. The van der Waals surface area contributed by atoms with Crippen molar-refractivity contribution in [2.45, 2.75) is 39.2 Å². The van der Waals surface area contributed by atoms with Gasteiger partial charge in [0.1, 0.15) is 5.75 Å². The van der Waals surface area contributed by atoms with Gasteiger partial charge in [0.2, 0.25) is 0 Å². The first-order valence-electron chi connectivity index (χ1n) is 6.13. The summed E-state index contributed by atoms with van der Waals surface area (Å²) in [7, 11) is 0. The molecule has 0 saturated heterocycles. The van der Waals surface area contributed by atoms with Crippen LogP contribution in [-0.2, 0) is 0 Å². The van der Waals surface area contributed by atoms with E-state index in [0.717, 1.165) is 11.3 Å². The Balaban J connectivity index is 2.56. The van der Waals surface area contributed by atoms with E-state index in [9.17, 15) is 5.11 Å². The van der Waals surface area contributed by atoms with Gasteiger partial charge in [0, 0.05) is 6.42 Å². The number of nitrogens with zero attached hydrogens (tertiary/aromatic N) is 1. The third-order valence-corrected chi connectivity index (χ3v) is 2.63. The van der Waals surface area contributed by atoms with Gasteiger partial charge >= 0.3 is 0 Å². The molecule has 0 heterocycles. The molecular formula is C14H21NO3. The molecule has 0 atom stereocenters. The molecule has 2 N–H and O–H groups in total. The van der Waals surface area contributed by atoms with Crippen LogP contribution in [0.25, 0.3) is 0 Å². The summed E-state index contributed by atoms with van der Waals surface area (Å²) in [5, 5.41) is 21.6. The quantitative estimate of drug-likeness (QED) is 0.464. The minimum atomic E-state index is -0.709. The van der Waals surface area contributed by atoms with Crippen molar-refractivity contribution >= 4 is 5.71 Å². The maximum Gasteiger partial charge on any atom is 0.119 e. The minimum absolute atomic E-state index is 0.470. The molecule has 0 unspecified atom stereocenters. The smallest absolute Gasteiger partial charge is 0.119 e. The van der Waals surface area contributed by atoms with E-state index in [-0.39, 0.29) is 0 Å². The molecule has 100 valence electrons. The van der Waals surface area contributed by atoms with Gasteiger partial charge in [-0.3, -0.25) is 0 Å². The lowest BCUT2D eigenvalue weighted by atomic mass is 10.1. The molecular weight excluding hydrogens is 230 g/mol. The van der Waals surface area contributed by atoms with Crippen molar-refractivity contribution < 1.29 is 15.1 Å². The van der Waals surface area contributed by atoms with Crippen LogP contribution in [0.2, 0.25) is 0 Å². The van der Waals surface area contributed by atoms with E-state index in [1.807, 2.05) is 31.2 Å². The van der Waals surface area contributed by atoms with E-state index < -0.39 is 5.60 Å². The second kappa shape index (κ2) is 6.40. The van der Waals surface area contributed by atoms with E-state index in [1.54, 1.807) is 13.8 Å². The summed E-state index contributed by atoms with van der Waals surface area (Å²) in [6.45, 7) is 5.91. The highest BCUT2D eigenvalue weighted by atomic mass is 16.5. The monoisotopic (exact) mass is 251 g/mol. The molecule has 0 aliphatic rings. The predicted octanol–water partition coefficient (Wildman–Crippen LogP) is 2.81. The van der Waals surface area contributed by atoms with Crippen molar-refractivity contribution in [1.29, 1.82) is 0 Å². The standard InChI is InChI=1S/C14H21NO3/c1-4-13(15-17)11-5-7-12(8-6-11)18-10-9-14(2,3)16/h5-8,16-17H,4,9-10H2,1-3H3. The van der Waals surface area contributed by atoms with Gasteiger partial charge in [0.25, 0.3) is 0 Å². The molecule has 0 bridgehead atoms. The van der Waals surface area contributed by atoms with Crippen LogP contribution in [0.15, 0.2) is 29.4 Å². The molecule has 0 radical (unpaired) electrons. The summed E-state index contributed by atoms with van der Waals surface area (Å²) in [6.07, 6.45) is 1.25. The first kappa shape index (κ1) is 14.5. The number of rotatable bonds is 6. The summed E-state index contributed by atoms with van der Waals surface area (Å²) in [6, 6.07) is 7.39. The highest BCUT2D eigenvalue weighted by Gasteiger charge is 2.12. The molecule has 0 saturated carbocycles. The number of benzene rings is 1. The maximum atomic E-state index is 9.55. The molecule has 0 aliphatic carbocycles. The molecule has 4 heteroatoms. The summed E-state index contributed by atoms with van der Waals surface area (Å²) < 4.78 is 5.52. The number of oxime groups is 1. The summed E-state index contributed by atoms with van der Waals surface area (Å²) in [5.74, 6) is 0.747. The van der Waals surface area contributed by atoms with Crippen LogP contribution in [0, 0.1) is 0 Å². The molecule has 0 fully saturated rings. The van der Waals surface area contributed by atoms with Crippen LogP contribution in [-0.4, -0.2) is 28.2 Å². The van der Waals surface area contributed by atoms with Crippen molar-refractivity contribution in [3.05, 3.63) is 29.8 Å². The van der Waals surface area contributed by atoms with E-state index in [4.69, 9.17) is 9.94 Å². The molecule has 0 spiro atoms. The Morgan fingerprint density at radius 1 is 1.28 bits per heavy atom. The lowest BCUT2D eigenvalue weighted by Crippen LogP contribution is -2.21. The largest absolute Gasteiger partial charge is 0.493 e. The first-order chi connectivity index (χ1) is 8.46. The van der Waals surface area contributed by atoms with Crippen LogP contribution < -0.4 is 4.74 Å². The van der Waals surface area contributed by atoms with Crippen LogP contribution >= 0.6 is 0 Å². The van der Waals surface area contributed by atoms with E-state index in [1.165, 1.54) is 0 Å². The molecule has 0 aliphatic heterocycles. The van der Waals surface area contributed by atoms with Crippen LogP contribution in [0.5, 0.6) is 5.75 Å².